The number of carbonyl (C=O) groups excluding carboxylic acids is 1. The van der Waals surface area contributed by atoms with Crippen LogP contribution < -0.4 is 5.32 Å². The fourth-order valence-corrected chi connectivity index (χ4v) is 2.87. The van der Waals surface area contributed by atoms with Gasteiger partial charge in [-0.2, -0.15) is 5.26 Å². The lowest BCUT2D eigenvalue weighted by molar-refractivity contribution is -0.113. The number of carbonyl (C=O) groups is 1. The molecule has 0 fully saturated rings. The van der Waals surface area contributed by atoms with Crippen molar-refractivity contribution in [3.05, 3.63) is 41.2 Å². The summed E-state index contributed by atoms with van der Waals surface area (Å²) in [6, 6.07) is 6.79. The SMILES string of the molecule is CCCn1ccnc1SCC(=O)Nc1ccc(C#N)c(Cl)c1. The van der Waals surface area contributed by atoms with E-state index in [9.17, 15) is 4.79 Å². The van der Waals surface area contributed by atoms with Gasteiger partial charge in [-0.25, -0.2) is 4.98 Å². The predicted octanol–water partition coefficient (Wildman–Crippen LogP) is 3.55. The number of imidazole rings is 1. The van der Waals surface area contributed by atoms with Crippen LogP contribution in [0.4, 0.5) is 5.69 Å². The Kier molecular flexibility index (Phi) is 5.87. The molecule has 0 bridgehead atoms. The van der Waals surface area contributed by atoms with Gasteiger partial charge in [0.25, 0.3) is 0 Å². The lowest BCUT2D eigenvalue weighted by Crippen LogP contribution is -2.14. The Morgan fingerprint density at radius 2 is 2.36 bits per heavy atom. The second-order valence-electron chi connectivity index (χ2n) is 4.55. The summed E-state index contributed by atoms with van der Waals surface area (Å²) in [6.07, 6.45) is 4.65. The Morgan fingerprint density at radius 1 is 1.55 bits per heavy atom. The van der Waals surface area contributed by atoms with E-state index in [1.807, 2.05) is 16.8 Å². The van der Waals surface area contributed by atoms with E-state index >= 15 is 0 Å². The number of hydrogen-bond acceptors (Lipinski definition) is 4. The molecule has 0 aliphatic carbocycles. The molecule has 114 valence electrons. The van der Waals surface area contributed by atoms with Crippen molar-refractivity contribution in [2.75, 3.05) is 11.1 Å². The van der Waals surface area contributed by atoms with E-state index in [1.165, 1.54) is 11.8 Å². The molecule has 1 amide bonds. The smallest absolute Gasteiger partial charge is 0.234 e. The number of amides is 1. The molecule has 0 saturated heterocycles. The first-order valence-corrected chi connectivity index (χ1v) is 8.13. The van der Waals surface area contributed by atoms with Crippen LogP contribution >= 0.6 is 23.4 Å². The van der Waals surface area contributed by atoms with Crippen LogP contribution in [0.15, 0.2) is 35.7 Å². The average molecular weight is 335 g/mol. The minimum absolute atomic E-state index is 0.142. The maximum absolute atomic E-state index is 12.0. The Morgan fingerprint density at radius 3 is 3.05 bits per heavy atom. The second kappa shape index (κ2) is 7.87. The molecule has 7 heteroatoms. The second-order valence-corrected chi connectivity index (χ2v) is 5.90. The molecule has 0 unspecified atom stereocenters. The van der Waals surface area contributed by atoms with Gasteiger partial charge in [0.05, 0.1) is 16.3 Å². The maximum atomic E-state index is 12.0. The quantitative estimate of drug-likeness (QED) is 0.820. The standard InChI is InChI=1S/C15H15ClN4OS/c1-2-6-20-7-5-18-15(20)22-10-14(21)19-12-4-3-11(9-17)13(16)8-12/h3-5,7-8H,2,6,10H2,1H3,(H,19,21). The zero-order chi connectivity index (χ0) is 15.9. The van der Waals surface area contributed by atoms with E-state index in [2.05, 4.69) is 17.2 Å². The zero-order valence-corrected chi connectivity index (χ0v) is 13.6. The first kappa shape index (κ1) is 16.4. The highest BCUT2D eigenvalue weighted by Crippen LogP contribution is 2.21. The van der Waals surface area contributed by atoms with E-state index in [0.29, 0.717) is 16.3 Å². The van der Waals surface area contributed by atoms with Crippen LogP contribution in [-0.4, -0.2) is 21.2 Å². The molecule has 0 spiro atoms. The fraction of sp³-hybridized carbons (Fsp3) is 0.267. The monoisotopic (exact) mass is 334 g/mol. The van der Waals surface area contributed by atoms with Gasteiger partial charge in [0.1, 0.15) is 6.07 Å². The van der Waals surface area contributed by atoms with Crippen molar-refractivity contribution < 1.29 is 4.79 Å². The predicted molar refractivity (Wildman–Crippen MR) is 88.0 cm³/mol. The van der Waals surface area contributed by atoms with Crippen molar-refractivity contribution in [3.63, 3.8) is 0 Å². The Hall–Kier alpha value is -1.97. The molecular weight excluding hydrogens is 320 g/mol. The molecule has 0 radical (unpaired) electrons. The number of thioether (sulfide) groups is 1. The van der Waals surface area contributed by atoms with Crippen molar-refractivity contribution in [3.8, 4) is 6.07 Å². The topological polar surface area (TPSA) is 70.7 Å². The summed E-state index contributed by atoms with van der Waals surface area (Å²) in [5.74, 6) is 0.120. The highest BCUT2D eigenvalue weighted by Gasteiger charge is 2.09. The summed E-state index contributed by atoms with van der Waals surface area (Å²) in [5.41, 5.74) is 0.960. The van der Waals surface area contributed by atoms with Gasteiger partial charge >= 0.3 is 0 Å². The maximum Gasteiger partial charge on any atom is 0.234 e. The number of halogens is 1. The number of anilines is 1. The zero-order valence-electron chi connectivity index (χ0n) is 12.0. The summed E-state index contributed by atoms with van der Waals surface area (Å²) in [7, 11) is 0. The largest absolute Gasteiger partial charge is 0.326 e. The van der Waals surface area contributed by atoms with Gasteiger partial charge in [-0.1, -0.05) is 30.3 Å². The summed E-state index contributed by atoms with van der Waals surface area (Å²) < 4.78 is 2.02. The van der Waals surface area contributed by atoms with E-state index in [1.54, 1.807) is 24.4 Å². The minimum atomic E-state index is -0.142. The number of rotatable bonds is 6. The molecule has 1 N–H and O–H groups in total. The van der Waals surface area contributed by atoms with E-state index in [-0.39, 0.29) is 11.7 Å². The average Bonchev–Trinajstić information content (AvgIpc) is 2.93. The van der Waals surface area contributed by atoms with Crippen LogP contribution in [0.2, 0.25) is 5.02 Å². The third kappa shape index (κ3) is 4.26. The van der Waals surface area contributed by atoms with Gasteiger partial charge in [-0.05, 0) is 24.6 Å². The third-order valence-electron chi connectivity index (χ3n) is 2.85. The highest BCUT2D eigenvalue weighted by molar-refractivity contribution is 7.99. The van der Waals surface area contributed by atoms with Gasteiger partial charge < -0.3 is 9.88 Å². The molecule has 5 nitrogen and oxygen atoms in total. The Bertz CT molecular complexity index is 708. The summed E-state index contributed by atoms with van der Waals surface area (Å²) >= 11 is 7.32. The lowest BCUT2D eigenvalue weighted by atomic mass is 10.2. The summed E-state index contributed by atoms with van der Waals surface area (Å²) in [6.45, 7) is 2.98. The fourth-order valence-electron chi connectivity index (χ4n) is 1.86. The van der Waals surface area contributed by atoms with E-state index in [4.69, 9.17) is 16.9 Å². The number of nitriles is 1. The number of hydrogen-bond donors (Lipinski definition) is 1. The normalized spacial score (nSPS) is 10.2. The van der Waals surface area contributed by atoms with Crippen molar-refractivity contribution >= 4 is 35.0 Å². The molecule has 2 rings (SSSR count). The number of aromatic nitrogens is 2. The van der Waals surface area contributed by atoms with E-state index < -0.39 is 0 Å². The number of nitrogens with zero attached hydrogens (tertiary/aromatic N) is 3. The molecule has 0 atom stereocenters. The van der Waals surface area contributed by atoms with Gasteiger partial charge in [-0.15, -0.1) is 0 Å². The molecular formula is C15H15ClN4OS. The highest BCUT2D eigenvalue weighted by atomic mass is 35.5. The van der Waals surface area contributed by atoms with Gasteiger partial charge in [0.2, 0.25) is 5.91 Å². The molecule has 1 aromatic heterocycles. The van der Waals surface area contributed by atoms with Crippen molar-refractivity contribution in [2.45, 2.75) is 25.0 Å². The van der Waals surface area contributed by atoms with Crippen LogP contribution in [0.3, 0.4) is 0 Å². The first-order chi connectivity index (χ1) is 10.6. The van der Waals surface area contributed by atoms with Gasteiger partial charge in [0.15, 0.2) is 5.16 Å². The number of aryl methyl sites for hydroxylation is 1. The van der Waals surface area contributed by atoms with E-state index in [0.717, 1.165) is 18.1 Å². The van der Waals surface area contributed by atoms with Gasteiger partial charge in [0, 0.05) is 24.6 Å². The molecule has 0 aliphatic heterocycles. The van der Waals surface area contributed by atoms with Crippen LogP contribution in [0.1, 0.15) is 18.9 Å². The van der Waals surface area contributed by atoms with Crippen molar-refractivity contribution in [1.29, 1.82) is 5.26 Å². The van der Waals surface area contributed by atoms with Crippen LogP contribution in [0, 0.1) is 11.3 Å². The van der Waals surface area contributed by atoms with Crippen molar-refractivity contribution in [1.82, 2.24) is 9.55 Å². The Balaban J connectivity index is 1.92. The third-order valence-corrected chi connectivity index (χ3v) is 4.16. The summed E-state index contributed by atoms with van der Waals surface area (Å²) in [5, 5.41) is 12.7. The van der Waals surface area contributed by atoms with Crippen molar-refractivity contribution in [2.24, 2.45) is 0 Å². The van der Waals surface area contributed by atoms with Crippen LogP contribution in [0.25, 0.3) is 0 Å². The number of nitrogens with one attached hydrogen (secondary N) is 1. The van der Waals surface area contributed by atoms with Crippen LogP contribution in [0.5, 0.6) is 0 Å². The van der Waals surface area contributed by atoms with Gasteiger partial charge in [-0.3, -0.25) is 4.79 Å². The minimum Gasteiger partial charge on any atom is -0.326 e. The number of benzene rings is 1. The molecule has 1 aromatic carbocycles. The first-order valence-electron chi connectivity index (χ1n) is 6.77. The lowest BCUT2D eigenvalue weighted by Gasteiger charge is -2.07. The Labute approximate surface area is 138 Å². The van der Waals surface area contributed by atoms with Crippen LogP contribution in [-0.2, 0) is 11.3 Å². The molecule has 1 heterocycles. The molecule has 2 aromatic rings. The molecule has 0 aliphatic rings. The summed E-state index contributed by atoms with van der Waals surface area (Å²) in [4.78, 5) is 16.2. The molecule has 22 heavy (non-hydrogen) atoms. The molecule has 0 saturated carbocycles.